The van der Waals surface area contributed by atoms with Gasteiger partial charge in [-0.2, -0.15) is 0 Å². The molecule has 28 heavy (non-hydrogen) atoms. The number of halogens is 1. The largest absolute Gasteiger partial charge is 0.371 e. The van der Waals surface area contributed by atoms with Crippen molar-refractivity contribution in [3.63, 3.8) is 0 Å². The first-order chi connectivity index (χ1) is 13.0. The highest BCUT2D eigenvalue weighted by atomic mass is 35.5. The molecule has 6 heteroatoms. The van der Waals surface area contributed by atoms with E-state index >= 15 is 0 Å². The lowest BCUT2D eigenvalue weighted by Gasteiger charge is -2.35. The Morgan fingerprint density at radius 3 is 2.14 bits per heavy atom. The van der Waals surface area contributed by atoms with E-state index in [1.165, 1.54) is 0 Å². The van der Waals surface area contributed by atoms with Gasteiger partial charge in [0.25, 0.3) is 0 Å². The molecule has 5 nitrogen and oxygen atoms in total. The number of carbonyl (C=O) groups excluding carboxylic acids is 2. The first-order valence-electron chi connectivity index (χ1n) is 10.3. The summed E-state index contributed by atoms with van der Waals surface area (Å²) in [5.74, 6) is 0.606. The minimum atomic E-state index is 0. The van der Waals surface area contributed by atoms with Crippen molar-refractivity contribution in [2.75, 3.05) is 44.2 Å². The van der Waals surface area contributed by atoms with Gasteiger partial charge >= 0.3 is 0 Å². The summed E-state index contributed by atoms with van der Waals surface area (Å²) in [5, 5.41) is 0. The third kappa shape index (κ3) is 5.48. The Morgan fingerprint density at radius 1 is 0.929 bits per heavy atom. The van der Waals surface area contributed by atoms with Gasteiger partial charge in [-0.15, -0.1) is 12.4 Å². The molecule has 1 aromatic carbocycles. The second kappa shape index (κ2) is 10.3. The maximum absolute atomic E-state index is 13.0. The Morgan fingerprint density at radius 2 is 1.57 bits per heavy atom. The number of ketones is 1. The van der Waals surface area contributed by atoms with E-state index in [0.29, 0.717) is 11.9 Å². The summed E-state index contributed by atoms with van der Waals surface area (Å²) in [7, 11) is 0. The van der Waals surface area contributed by atoms with Gasteiger partial charge in [-0.25, -0.2) is 0 Å². The van der Waals surface area contributed by atoms with Crippen LogP contribution < -0.4 is 4.90 Å². The monoisotopic (exact) mass is 407 g/mol. The number of rotatable bonds is 4. The molecule has 0 atom stereocenters. The average Bonchev–Trinajstić information content (AvgIpc) is 2.94. The van der Waals surface area contributed by atoms with E-state index in [1.807, 2.05) is 24.3 Å². The fourth-order valence-electron chi connectivity index (χ4n) is 4.22. The van der Waals surface area contributed by atoms with Crippen LogP contribution in [0.4, 0.5) is 5.69 Å². The van der Waals surface area contributed by atoms with Crippen molar-refractivity contribution in [3.05, 3.63) is 29.8 Å². The molecular weight excluding hydrogens is 374 g/mol. The van der Waals surface area contributed by atoms with Crippen LogP contribution in [0, 0.1) is 5.92 Å². The highest BCUT2D eigenvalue weighted by molar-refractivity contribution is 5.94. The van der Waals surface area contributed by atoms with Crippen LogP contribution >= 0.6 is 12.4 Å². The lowest BCUT2D eigenvalue weighted by molar-refractivity contribution is -0.136. The Bertz CT molecular complexity index is 654. The molecule has 0 unspecified atom stereocenters. The van der Waals surface area contributed by atoms with E-state index in [9.17, 15) is 9.59 Å². The van der Waals surface area contributed by atoms with Gasteiger partial charge < -0.3 is 9.80 Å². The fourth-order valence-corrected chi connectivity index (χ4v) is 4.22. The number of benzene rings is 1. The molecule has 2 fully saturated rings. The molecule has 0 radical (unpaired) electrons. The second-order valence-electron chi connectivity index (χ2n) is 8.17. The zero-order valence-corrected chi connectivity index (χ0v) is 18.2. The van der Waals surface area contributed by atoms with Crippen LogP contribution in [-0.4, -0.2) is 66.8 Å². The Hall–Kier alpha value is -1.59. The highest BCUT2D eigenvalue weighted by Gasteiger charge is 2.30. The number of amides is 1. The lowest BCUT2D eigenvalue weighted by atomic mass is 9.94. The number of hydrogen-bond donors (Lipinski definition) is 0. The molecule has 2 aliphatic heterocycles. The van der Waals surface area contributed by atoms with Crippen LogP contribution in [0.25, 0.3) is 0 Å². The molecule has 0 saturated carbocycles. The van der Waals surface area contributed by atoms with Crippen molar-refractivity contribution in [2.45, 2.75) is 46.1 Å². The second-order valence-corrected chi connectivity index (χ2v) is 8.17. The summed E-state index contributed by atoms with van der Waals surface area (Å²) in [6.07, 6.45) is 2.90. The van der Waals surface area contributed by atoms with E-state index < -0.39 is 0 Å². The molecule has 2 saturated heterocycles. The van der Waals surface area contributed by atoms with Gasteiger partial charge in [-0.1, -0.05) is 0 Å². The molecule has 0 aromatic heterocycles. The molecule has 0 N–H and O–H groups in total. The first-order valence-corrected chi connectivity index (χ1v) is 10.3. The van der Waals surface area contributed by atoms with Crippen LogP contribution in [0.15, 0.2) is 24.3 Å². The summed E-state index contributed by atoms with van der Waals surface area (Å²) in [4.78, 5) is 31.3. The van der Waals surface area contributed by atoms with Gasteiger partial charge in [0.15, 0.2) is 5.78 Å². The van der Waals surface area contributed by atoms with Crippen molar-refractivity contribution >= 4 is 29.8 Å². The van der Waals surface area contributed by atoms with Gasteiger partial charge in [-0.3, -0.25) is 14.5 Å². The van der Waals surface area contributed by atoms with E-state index in [1.54, 1.807) is 6.92 Å². The van der Waals surface area contributed by atoms with Crippen molar-refractivity contribution in [2.24, 2.45) is 5.92 Å². The van der Waals surface area contributed by atoms with Crippen LogP contribution in [-0.2, 0) is 4.79 Å². The topological polar surface area (TPSA) is 43.9 Å². The fraction of sp³-hybridized carbons (Fsp3) is 0.636. The summed E-state index contributed by atoms with van der Waals surface area (Å²) in [5.41, 5.74) is 1.90. The van der Waals surface area contributed by atoms with Crippen molar-refractivity contribution in [3.8, 4) is 0 Å². The summed E-state index contributed by atoms with van der Waals surface area (Å²) in [6, 6.07) is 8.39. The summed E-state index contributed by atoms with van der Waals surface area (Å²) < 4.78 is 0. The molecule has 0 aliphatic carbocycles. The maximum atomic E-state index is 13.0. The number of nitrogens with zero attached hydrogens (tertiary/aromatic N) is 3. The first kappa shape index (κ1) is 22.7. The number of anilines is 1. The van der Waals surface area contributed by atoms with E-state index in [-0.39, 0.29) is 24.1 Å². The van der Waals surface area contributed by atoms with Crippen LogP contribution in [0.1, 0.15) is 50.4 Å². The minimum absolute atomic E-state index is 0. The molecule has 2 aliphatic rings. The third-order valence-electron chi connectivity index (χ3n) is 6.06. The average molecular weight is 408 g/mol. The van der Waals surface area contributed by atoms with Crippen LogP contribution in [0.2, 0.25) is 0 Å². The van der Waals surface area contributed by atoms with E-state index in [2.05, 4.69) is 28.5 Å². The van der Waals surface area contributed by atoms with Crippen molar-refractivity contribution < 1.29 is 9.59 Å². The third-order valence-corrected chi connectivity index (χ3v) is 6.06. The van der Waals surface area contributed by atoms with E-state index in [4.69, 9.17) is 0 Å². The van der Waals surface area contributed by atoms with Gasteiger partial charge in [-0.05, 0) is 64.3 Å². The van der Waals surface area contributed by atoms with Crippen molar-refractivity contribution in [1.82, 2.24) is 9.80 Å². The number of hydrogen-bond acceptors (Lipinski definition) is 4. The maximum Gasteiger partial charge on any atom is 0.225 e. The van der Waals surface area contributed by atoms with Gasteiger partial charge in [0, 0.05) is 62.5 Å². The van der Waals surface area contributed by atoms with Crippen LogP contribution in [0.3, 0.4) is 0 Å². The quantitative estimate of drug-likeness (QED) is 0.717. The normalized spacial score (nSPS) is 19.3. The molecule has 2 heterocycles. The predicted octanol–water partition coefficient (Wildman–Crippen LogP) is 3.47. The molecule has 1 amide bonds. The molecule has 3 rings (SSSR count). The number of piperidine rings is 1. The molecule has 0 bridgehead atoms. The number of Topliss-reactive ketones (excluding diaryl/α,β-unsaturated/α-hetero) is 1. The van der Waals surface area contributed by atoms with Crippen LogP contribution in [0.5, 0.6) is 0 Å². The molecule has 1 aromatic rings. The van der Waals surface area contributed by atoms with E-state index in [0.717, 1.165) is 69.8 Å². The molecular formula is C22H34ClN3O2. The number of carbonyl (C=O) groups is 2. The van der Waals surface area contributed by atoms with Gasteiger partial charge in [0.1, 0.15) is 0 Å². The SMILES string of the molecule is CC(=O)c1ccc(N2CCC(C(=O)N3CCCN(C(C)C)CC3)CC2)cc1.Cl. The zero-order chi connectivity index (χ0) is 19.4. The standard InChI is InChI=1S/C22H33N3O2.ClH/c1-17(2)23-11-4-12-25(16-15-23)22(27)20-9-13-24(14-10-20)21-7-5-19(6-8-21)18(3)26;/h5-8,17,20H,4,9-16H2,1-3H3;1H. The smallest absolute Gasteiger partial charge is 0.225 e. The van der Waals surface area contributed by atoms with Crippen molar-refractivity contribution in [1.29, 1.82) is 0 Å². The Kier molecular flexibility index (Phi) is 8.32. The predicted molar refractivity (Wildman–Crippen MR) is 117 cm³/mol. The lowest BCUT2D eigenvalue weighted by Crippen LogP contribution is -2.44. The highest BCUT2D eigenvalue weighted by Crippen LogP contribution is 2.25. The summed E-state index contributed by atoms with van der Waals surface area (Å²) in [6.45, 7) is 11.7. The minimum Gasteiger partial charge on any atom is -0.371 e. The summed E-state index contributed by atoms with van der Waals surface area (Å²) >= 11 is 0. The van der Waals surface area contributed by atoms with Gasteiger partial charge in [0.2, 0.25) is 5.91 Å². The Balaban J connectivity index is 0.00000280. The zero-order valence-electron chi connectivity index (χ0n) is 17.4. The Labute approximate surface area is 175 Å². The van der Waals surface area contributed by atoms with Gasteiger partial charge in [0.05, 0.1) is 0 Å². The molecule has 156 valence electrons. The molecule has 0 spiro atoms.